The molecule has 0 aromatic heterocycles. The van der Waals surface area contributed by atoms with Crippen LogP contribution in [0, 0.1) is 35.0 Å². The van der Waals surface area contributed by atoms with Crippen molar-refractivity contribution in [1.82, 2.24) is 0 Å². The van der Waals surface area contributed by atoms with Gasteiger partial charge in [0.25, 0.3) is 0 Å². The third-order valence-corrected chi connectivity index (χ3v) is 6.87. The first-order chi connectivity index (χ1) is 12.8. The highest BCUT2D eigenvalue weighted by Gasteiger charge is 2.64. The van der Waals surface area contributed by atoms with Gasteiger partial charge in [-0.1, -0.05) is 86.0 Å². The van der Waals surface area contributed by atoms with Gasteiger partial charge in [0.1, 0.15) is 0 Å². The van der Waals surface area contributed by atoms with Gasteiger partial charge >= 0.3 is 5.97 Å². The predicted molar refractivity (Wildman–Crippen MR) is 114 cm³/mol. The molecule has 0 bridgehead atoms. The van der Waals surface area contributed by atoms with E-state index >= 15 is 0 Å². The van der Waals surface area contributed by atoms with Crippen molar-refractivity contribution < 1.29 is 14.6 Å². The fraction of sp³-hybridized carbons (Fsp3) is 0.958. The molecule has 1 aliphatic carbocycles. The molecule has 1 fully saturated rings. The number of esters is 1. The van der Waals surface area contributed by atoms with E-state index in [-0.39, 0.29) is 29.8 Å². The molecule has 5 unspecified atom stereocenters. The van der Waals surface area contributed by atoms with E-state index in [1.54, 1.807) is 0 Å². The molecule has 1 aliphatic rings. The minimum absolute atomic E-state index is 0.0499. The molecule has 0 saturated heterocycles. The molecule has 1 saturated carbocycles. The Morgan fingerprint density at radius 3 is 1.96 bits per heavy atom. The second-order valence-corrected chi connectivity index (χ2v) is 9.88. The van der Waals surface area contributed by atoms with E-state index in [4.69, 9.17) is 4.74 Å². The van der Waals surface area contributed by atoms with Crippen molar-refractivity contribution in [1.29, 1.82) is 0 Å². The number of hydrogen-bond donors (Lipinski definition) is 1. The first-order valence-corrected chi connectivity index (χ1v) is 11.5. The van der Waals surface area contributed by atoms with Crippen molar-refractivity contribution in [3.05, 3.63) is 0 Å². The first-order valence-electron chi connectivity index (χ1n) is 11.5. The molecule has 160 valence electrons. The van der Waals surface area contributed by atoms with E-state index in [1.807, 2.05) is 6.92 Å². The monoisotopic (exact) mass is 382 g/mol. The van der Waals surface area contributed by atoms with Gasteiger partial charge in [0.15, 0.2) is 0 Å². The lowest BCUT2D eigenvalue weighted by molar-refractivity contribution is -0.146. The highest BCUT2D eigenvalue weighted by Crippen LogP contribution is 2.61. The SMILES string of the molecule is CCOC(=O)C1C(CO)C1(C)CCCC(C)CCCC(C)CCCC(C)C. The Balaban J connectivity index is 2.18. The van der Waals surface area contributed by atoms with Crippen LogP contribution >= 0.6 is 0 Å². The molecule has 0 radical (unpaired) electrons. The second-order valence-electron chi connectivity index (χ2n) is 9.88. The number of rotatable bonds is 15. The maximum Gasteiger partial charge on any atom is 0.309 e. The Morgan fingerprint density at radius 1 is 0.963 bits per heavy atom. The smallest absolute Gasteiger partial charge is 0.309 e. The minimum Gasteiger partial charge on any atom is -0.466 e. The Morgan fingerprint density at radius 2 is 1.48 bits per heavy atom. The molecule has 3 nitrogen and oxygen atoms in total. The van der Waals surface area contributed by atoms with Crippen molar-refractivity contribution in [2.75, 3.05) is 13.2 Å². The summed E-state index contributed by atoms with van der Waals surface area (Å²) in [6.07, 6.45) is 11.5. The van der Waals surface area contributed by atoms with E-state index in [2.05, 4.69) is 34.6 Å². The summed E-state index contributed by atoms with van der Waals surface area (Å²) in [6.45, 7) is 13.9. The predicted octanol–water partition coefficient (Wildman–Crippen LogP) is 6.23. The van der Waals surface area contributed by atoms with E-state index in [0.29, 0.717) is 6.61 Å². The maximum atomic E-state index is 12.1. The Labute approximate surface area is 168 Å². The molecule has 0 amide bonds. The topological polar surface area (TPSA) is 46.5 Å². The summed E-state index contributed by atoms with van der Waals surface area (Å²) in [5, 5.41) is 9.59. The lowest BCUT2D eigenvalue weighted by Gasteiger charge is -2.16. The fourth-order valence-corrected chi connectivity index (χ4v) is 4.79. The summed E-state index contributed by atoms with van der Waals surface area (Å²) < 4.78 is 5.19. The molecule has 5 atom stereocenters. The van der Waals surface area contributed by atoms with E-state index < -0.39 is 0 Å². The van der Waals surface area contributed by atoms with Gasteiger partial charge in [-0.2, -0.15) is 0 Å². The summed E-state index contributed by atoms with van der Waals surface area (Å²) >= 11 is 0. The first kappa shape index (κ1) is 24.5. The fourth-order valence-electron chi connectivity index (χ4n) is 4.79. The average Bonchev–Trinajstić information content (AvgIpc) is 3.19. The molecule has 1 N–H and O–H groups in total. The highest BCUT2D eigenvalue weighted by molar-refractivity contribution is 5.77. The zero-order valence-electron chi connectivity index (χ0n) is 18.9. The quantitative estimate of drug-likeness (QED) is 0.341. The average molecular weight is 383 g/mol. The van der Waals surface area contributed by atoms with E-state index in [1.165, 1.54) is 44.9 Å². The molecule has 0 aromatic rings. The highest BCUT2D eigenvalue weighted by atomic mass is 16.5. The molecule has 1 rings (SSSR count). The van der Waals surface area contributed by atoms with Crippen molar-refractivity contribution in [2.45, 2.75) is 99.3 Å². The van der Waals surface area contributed by atoms with Gasteiger partial charge in [0.05, 0.1) is 12.5 Å². The molecule has 0 heterocycles. The van der Waals surface area contributed by atoms with Crippen LogP contribution in [-0.4, -0.2) is 24.3 Å². The number of carbonyl (C=O) groups is 1. The maximum absolute atomic E-state index is 12.1. The van der Waals surface area contributed by atoms with E-state index in [0.717, 1.165) is 30.6 Å². The number of hydrogen-bond acceptors (Lipinski definition) is 3. The van der Waals surface area contributed by atoms with Crippen LogP contribution in [0.4, 0.5) is 0 Å². The van der Waals surface area contributed by atoms with Gasteiger partial charge in [-0.3, -0.25) is 4.79 Å². The molecular weight excluding hydrogens is 336 g/mol. The Bertz CT molecular complexity index is 420. The van der Waals surface area contributed by atoms with Crippen LogP contribution in [0.5, 0.6) is 0 Å². The molecule has 27 heavy (non-hydrogen) atoms. The van der Waals surface area contributed by atoms with Crippen molar-refractivity contribution >= 4 is 5.97 Å². The Kier molecular flexibility index (Phi) is 11.0. The Hall–Kier alpha value is -0.570. The number of carbonyl (C=O) groups excluding carboxylic acids is 1. The molecule has 3 heteroatoms. The van der Waals surface area contributed by atoms with Crippen molar-refractivity contribution in [3.8, 4) is 0 Å². The van der Waals surface area contributed by atoms with Crippen LogP contribution in [0.1, 0.15) is 99.3 Å². The third kappa shape index (κ3) is 8.13. The lowest BCUT2D eigenvalue weighted by Crippen LogP contribution is -2.12. The van der Waals surface area contributed by atoms with Crippen LogP contribution in [0.25, 0.3) is 0 Å². The number of aliphatic hydroxyl groups excluding tert-OH is 1. The van der Waals surface area contributed by atoms with Gasteiger partial charge in [0.2, 0.25) is 0 Å². The van der Waals surface area contributed by atoms with Gasteiger partial charge in [-0.15, -0.1) is 0 Å². The molecule has 0 aliphatic heterocycles. The summed E-state index contributed by atoms with van der Waals surface area (Å²) in [7, 11) is 0. The summed E-state index contributed by atoms with van der Waals surface area (Å²) in [5.41, 5.74) is -0.0499. The standard InChI is InChI=1S/C24H46O3/c1-7-27-23(26)22-21(17-25)24(22,6)16-10-15-20(5)14-9-13-19(4)12-8-11-18(2)3/h18-22,25H,7-17H2,1-6H3. The van der Waals surface area contributed by atoms with Crippen molar-refractivity contribution in [3.63, 3.8) is 0 Å². The summed E-state index contributed by atoms with van der Waals surface area (Å²) in [6, 6.07) is 0. The van der Waals surface area contributed by atoms with E-state index in [9.17, 15) is 9.90 Å². The van der Waals surface area contributed by atoms with Gasteiger partial charge in [0, 0.05) is 12.5 Å². The third-order valence-electron chi connectivity index (χ3n) is 6.87. The number of aliphatic hydroxyl groups is 1. The largest absolute Gasteiger partial charge is 0.466 e. The number of ether oxygens (including phenoxy) is 1. The van der Waals surface area contributed by atoms with Gasteiger partial charge in [-0.25, -0.2) is 0 Å². The second kappa shape index (κ2) is 12.1. The molecule has 0 aromatic carbocycles. The summed E-state index contributed by atoms with van der Waals surface area (Å²) in [4.78, 5) is 12.1. The van der Waals surface area contributed by atoms with Crippen LogP contribution < -0.4 is 0 Å². The van der Waals surface area contributed by atoms with Crippen molar-refractivity contribution in [2.24, 2.45) is 35.0 Å². The van der Waals surface area contributed by atoms with Gasteiger partial charge < -0.3 is 9.84 Å². The molecular formula is C24H46O3. The summed E-state index contributed by atoms with van der Waals surface area (Å²) in [5.74, 6) is 2.33. The van der Waals surface area contributed by atoms with Crippen LogP contribution in [0.15, 0.2) is 0 Å². The minimum atomic E-state index is -0.112. The lowest BCUT2D eigenvalue weighted by atomic mass is 9.90. The van der Waals surface area contributed by atoms with Crippen LogP contribution in [0.3, 0.4) is 0 Å². The van der Waals surface area contributed by atoms with Gasteiger partial charge in [-0.05, 0) is 36.5 Å². The zero-order chi connectivity index (χ0) is 20.4. The normalized spacial score (nSPS) is 26.8. The zero-order valence-corrected chi connectivity index (χ0v) is 18.9. The van der Waals surface area contributed by atoms with Crippen LogP contribution in [-0.2, 0) is 9.53 Å². The molecule has 0 spiro atoms. The van der Waals surface area contributed by atoms with Crippen LogP contribution in [0.2, 0.25) is 0 Å².